The zero-order valence-electron chi connectivity index (χ0n) is 11.7. The molecule has 0 fully saturated rings. The molecule has 1 aromatic heterocycles. The van der Waals surface area contributed by atoms with Crippen molar-refractivity contribution in [1.82, 2.24) is 9.88 Å². The fourth-order valence-corrected chi connectivity index (χ4v) is 1.69. The molecule has 0 aliphatic carbocycles. The van der Waals surface area contributed by atoms with E-state index in [-0.39, 0.29) is 5.69 Å². The molecule has 1 N–H and O–H groups in total. The second kappa shape index (κ2) is 6.58. The maximum absolute atomic E-state index is 12.5. The maximum Gasteiger partial charge on any atom is 0.406 e. The third kappa shape index (κ3) is 4.71. The molecule has 0 spiro atoms. The lowest BCUT2D eigenvalue weighted by molar-refractivity contribution is -0.143. The van der Waals surface area contributed by atoms with E-state index in [0.717, 1.165) is 4.90 Å². The molecular formula is C13H18F3N3O. The van der Waals surface area contributed by atoms with Gasteiger partial charge in [0.05, 0.1) is 0 Å². The van der Waals surface area contributed by atoms with Crippen molar-refractivity contribution >= 4 is 11.6 Å². The van der Waals surface area contributed by atoms with Crippen LogP contribution in [0.1, 0.15) is 31.3 Å². The summed E-state index contributed by atoms with van der Waals surface area (Å²) < 4.78 is 37.5. The van der Waals surface area contributed by atoms with Crippen LogP contribution >= 0.6 is 0 Å². The third-order valence-corrected chi connectivity index (χ3v) is 2.59. The quantitative estimate of drug-likeness (QED) is 0.906. The molecule has 20 heavy (non-hydrogen) atoms. The van der Waals surface area contributed by atoms with Crippen molar-refractivity contribution in [2.24, 2.45) is 0 Å². The van der Waals surface area contributed by atoms with Crippen molar-refractivity contribution in [3.8, 4) is 0 Å². The molecule has 0 aromatic carbocycles. The first-order valence-electron chi connectivity index (χ1n) is 6.32. The molecule has 0 unspecified atom stereocenters. The fraction of sp³-hybridized carbons (Fsp3) is 0.538. The fourth-order valence-electron chi connectivity index (χ4n) is 1.69. The predicted octanol–water partition coefficient (Wildman–Crippen LogP) is 2.93. The summed E-state index contributed by atoms with van der Waals surface area (Å²) in [7, 11) is 0. The Morgan fingerprint density at radius 2 is 2.10 bits per heavy atom. The molecule has 1 heterocycles. The van der Waals surface area contributed by atoms with Crippen LogP contribution in [0.25, 0.3) is 0 Å². The van der Waals surface area contributed by atoms with Gasteiger partial charge in [-0.1, -0.05) is 0 Å². The van der Waals surface area contributed by atoms with Crippen LogP contribution < -0.4 is 5.32 Å². The number of nitrogens with zero attached hydrogens (tertiary/aromatic N) is 2. The molecule has 1 rings (SSSR count). The normalized spacial score (nSPS) is 11.6. The second-order valence-electron chi connectivity index (χ2n) is 4.60. The minimum absolute atomic E-state index is 0.00130. The first-order valence-corrected chi connectivity index (χ1v) is 6.32. The highest BCUT2D eigenvalue weighted by atomic mass is 19.4. The smallest absolute Gasteiger partial charge is 0.385 e. The Labute approximate surface area is 116 Å². The summed E-state index contributed by atoms with van der Waals surface area (Å²) in [6.45, 7) is 4.33. The van der Waals surface area contributed by atoms with Gasteiger partial charge in [0.25, 0.3) is 5.91 Å². The average molecular weight is 289 g/mol. The van der Waals surface area contributed by atoms with E-state index in [1.807, 2.05) is 6.92 Å². The van der Waals surface area contributed by atoms with Gasteiger partial charge in [0.2, 0.25) is 0 Å². The number of nitrogens with one attached hydrogen (secondary N) is 1. The summed E-state index contributed by atoms with van der Waals surface area (Å²) >= 11 is 0. The number of carbonyl (C=O) groups excluding carboxylic acids is 1. The van der Waals surface area contributed by atoms with Gasteiger partial charge in [-0.2, -0.15) is 13.2 Å². The number of anilines is 1. The Morgan fingerprint density at radius 1 is 1.45 bits per heavy atom. The lowest BCUT2D eigenvalue weighted by Crippen LogP contribution is -2.43. The molecule has 0 atom stereocenters. The highest BCUT2D eigenvalue weighted by Gasteiger charge is 2.35. The molecule has 0 aliphatic heterocycles. The number of pyridine rings is 1. The van der Waals surface area contributed by atoms with Crippen molar-refractivity contribution < 1.29 is 18.0 Å². The highest BCUT2D eigenvalue weighted by Crippen LogP contribution is 2.20. The van der Waals surface area contributed by atoms with Crippen LogP contribution in [0.3, 0.4) is 0 Å². The molecule has 0 bridgehead atoms. The molecule has 0 aliphatic rings. The van der Waals surface area contributed by atoms with Crippen LogP contribution in [0.15, 0.2) is 18.3 Å². The van der Waals surface area contributed by atoms with Gasteiger partial charge in [0.15, 0.2) is 0 Å². The van der Waals surface area contributed by atoms with Gasteiger partial charge in [-0.25, -0.2) is 0 Å². The average Bonchev–Trinajstić information content (AvgIpc) is 2.34. The number of hydrogen-bond acceptors (Lipinski definition) is 3. The summed E-state index contributed by atoms with van der Waals surface area (Å²) in [5.41, 5.74) is 0.656. The standard InChI is InChI=1S/C13H18F3N3O/c1-4-17-10-5-6-18-11(7-10)12(20)19(9(2)3)8-13(14,15)16/h5-7,9H,4,8H2,1-3H3,(H,17,18). The SMILES string of the molecule is CCNc1ccnc(C(=O)N(CC(F)(F)F)C(C)C)c1. The number of amides is 1. The van der Waals surface area contributed by atoms with Crippen LogP contribution in [0.4, 0.5) is 18.9 Å². The van der Waals surface area contributed by atoms with E-state index in [4.69, 9.17) is 0 Å². The third-order valence-electron chi connectivity index (χ3n) is 2.59. The Hall–Kier alpha value is -1.79. The first kappa shape index (κ1) is 16.3. The van der Waals surface area contributed by atoms with E-state index in [1.165, 1.54) is 26.1 Å². The van der Waals surface area contributed by atoms with Crippen molar-refractivity contribution in [3.05, 3.63) is 24.0 Å². The van der Waals surface area contributed by atoms with E-state index in [1.54, 1.807) is 6.07 Å². The van der Waals surface area contributed by atoms with Gasteiger partial charge in [-0.3, -0.25) is 9.78 Å². The summed E-state index contributed by atoms with van der Waals surface area (Å²) in [5.74, 6) is -0.725. The first-order chi connectivity index (χ1) is 9.24. The van der Waals surface area contributed by atoms with E-state index in [0.29, 0.717) is 12.2 Å². The van der Waals surface area contributed by atoms with Crippen LogP contribution in [0.2, 0.25) is 0 Å². The number of carbonyl (C=O) groups is 1. The summed E-state index contributed by atoms with van der Waals surface area (Å²) in [4.78, 5) is 16.8. The minimum atomic E-state index is -4.43. The van der Waals surface area contributed by atoms with Gasteiger partial charge in [-0.15, -0.1) is 0 Å². The van der Waals surface area contributed by atoms with Gasteiger partial charge < -0.3 is 10.2 Å². The van der Waals surface area contributed by atoms with Crippen LogP contribution in [-0.2, 0) is 0 Å². The Morgan fingerprint density at radius 3 is 2.60 bits per heavy atom. The summed E-state index contributed by atoms with van der Waals surface area (Å²) in [6.07, 6.45) is -3.03. The predicted molar refractivity (Wildman–Crippen MR) is 70.6 cm³/mol. The van der Waals surface area contributed by atoms with Crippen LogP contribution in [-0.4, -0.2) is 41.1 Å². The minimum Gasteiger partial charge on any atom is -0.385 e. The number of hydrogen-bond donors (Lipinski definition) is 1. The number of rotatable bonds is 5. The Balaban J connectivity index is 2.97. The second-order valence-corrected chi connectivity index (χ2v) is 4.60. The zero-order chi connectivity index (χ0) is 15.3. The molecule has 4 nitrogen and oxygen atoms in total. The van der Waals surface area contributed by atoms with E-state index >= 15 is 0 Å². The highest BCUT2D eigenvalue weighted by molar-refractivity contribution is 5.93. The van der Waals surface area contributed by atoms with Crippen molar-refractivity contribution in [2.45, 2.75) is 33.0 Å². The largest absolute Gasteiger partial charge is 0.406 e. The molecule has 1 amide bonds. The van der Waals surface area contributed by atoms with Crippen molar-refractivity contribution in [3.63, 3.8) is 0 Å². The zero-order valence-corrected chi connectivity index (χ0v) is 11.7. The molecule has 0 saturated carbocycles. The Kier molecular flexibility index (Phi) is 5.35. The van der Waals surface area contributed by atoms with Gasteiger partial charge in [0, 0.05) is 24.5 Å². The molecular weight excluding hydrogens is 271 g/mol. The molecule has 112 valence electrons. The summed E-state index contributed by atoms with van der Waals surface area (Å²) in [6, 6.07) is 2.55. The lowest BCUT2D eigenvalue weighted by Gasteiger charge is -2.27. The number of alkyl halides is 3. The van der Waals surface area contributed by atoms with Gasteiger partial charge >= 0.3 is 6.18 Å². The van der Waals surface area contributed by atoms with Crippen molar-refractivity contribution in [1.29, 1.82) is 0 Å². The maximum atomic E-state index is 12.5. The molecule has 0 radical (unpaired) electrons. The van der Waals surface area contributed by atoms with E-state index in [2.05, 4.69) is 10.3 Å². The molecule has 0 saturated heterocycles. The van der Waals surface area contributed by atoms with Gasteiger partial charge in [-0.05, 0) is 32.9 Å². The number of halogens is 3. The van der Waals surface area contributed by atoms with Crippen LogP contribution in [0, 0.1) is 0 Å². The summed E-state index contributed by atoms with van der Waals surface area (Å²) in [5, 5.41) is 2.99. The number of aromatic nitrogens is 1. The Bertz CT molecular complexity index is 460. The topological polar surface area (TPSA) is 45.2 Å². The van der Waals surface area contributed by atoms with Gasteiger partial charge in [0.1, 0.15) is 12.2 Å². The molecule has 7 heteroatoms. The van der Waals surface area contributed by atoms with E-state index < -0.39 is 24.7 Å². The van der Waals surface area contributed by atoms with Crippen molar-refractivity contribution in [2.75, 3.05) is 18.4 Å². The monoisotopic (exact) mass is 289 g/mol. The van der Waals surface area contributed by atoms with E-state index in [9.17, 15) is 18.0 Å². The lowest BCUT2D eigenvalue weighted by atomic mass is 10.2. The molecule has 1 aromatic rings. The van der Waals surface area contributed by atoms with Crippen LogP contribution in [0.5, 0.6) is 0 Å².